The van der Waals surface area contributed by atoms with Crippen molar-refractivity contribution in [2.75, 3.05) is 20.0 Å². The van der Waals surface area contributed by atoms with Crippen LogP contribution in [0.15, 0.2) is 28.8 Å². The van der Waals surface area contributed by atoms with Gasteiger partial charge in [0, 0.05) is 24.3 Å². The van der Waals surface area contributed by atoms with E-state index in [4.69, 9.17) is 24.5 Å². The first-order valence-corrected chi connectivity index (χ1v) is 5.28. The van der Waals surface area contributed by atoms with Gasteiger partial charge in [0.05, 0.1) is 14.2 Å². The second kappa shape index (κ2) is 5.31. The van der Waals surface area contributed by atoms with E-state index >= 15 is 0 Å². The molecule has 0 unspecified atom stereocenters. The normalized spacial score (nSPS) is 10.1. The molecule has 96 valence electrons. The lowest BCUT2D eigenvalue weighted by Crippen LogP contribution is -1.97. The fraction of sp³-hybridized carbons (Fsp3) is 0.250. The summed E-state index contributed by atoms with van der Waals surface area (Å²) in [6, 6.07) is 6.89. The summed E-state index contributed by atoms with van der Waals surface area (Å²) in [5.74, 6) is 2.19. The Kier molecular flexibility index (Phi) is 3.57. The van der Waals surface area contributed by atoms with E-state index < -0.39 is 0 Å². The Bertz CT molecular complexity index is 502. The first kappa shape index (κ1) is 12.1. The van der Waals surface area contributed by atoms with Crippen LogP contribution < -0.4 is 19.9 Å². The van der Waals surface area contributed by atoms with E-state index in [1.54, 1.807) is 38.5 Å². The number of hydrogen-bond donors (Lipinski definition) is 1. The van der Waals surface area contributed by atoms with Crippen LogP contribution in [0.2, 0.25) is 0 Å². The Labute approximate surface area is 104 Å². The highest BCUT2D eigenvalue weighted by Gasteiger charge is 2.05. The molecule has 0 spiro atoms. The molecule has 0 aliphatic carbocycles. The third-order valence-electron chi connectivity index (χ3n) is 2.29. The molecule has 0 saturated carbocycles. The minimum absolute atomic E-state index is 0.261. The van der Waals surface area contributed by atoms with Crippen LogP contribution >= 0.6 is 0 Å². The quantitative estimate of drug-likeness (QED) is 0.872. The highest BCUT2D eigenvalue weighted by Crippen LogP contribution is 2.27. The van der Waals surface area contributed by atoms with Crippen LogP contribution in [0.25, 0.3) is 0 Å². The monoisotopic (exact) mass is 250 g/mol. The first-order chi connectivity index (χ1) is 8.71. The van der Waals surface area contributed by atoms with E-state index in [0.29, 0.717) is 22.9 Å². The second-order valence-corrected chi connectivity index (χ2v) is 3.56. The number of benzene rings is 1. The van der Waals surface area contributed by atoms with Gasteiger partial charge in [0.25, 0.3) is 0 Å². The van der Waals surface area contributed by atoms with Crippen molar-refractivity contribution in [3.63, 3.8) is 0 Å². The van der Waals surface area contributed by atoms with Crippen LogP contribution in [0, 0.1) is 0 Å². The average Bonchev–Trinajstić information content (AvgIpc) is 2.81. The molecule has 2 aromatic rings. The fourth-order valence-corrected chi connectivity index (χ4v) is 1.42. The van der Waals surface area contributed by atoms with E-state index in [1.165, 1.54) is 0 Å². The molecule has 0 fully saturated rings. The van der Waals surface area contributed by atoms with Gasteiger partial charge in [-0.25, -0.2) is 0 Å². The molecule has 0 radical (unpaired) electrons. The number of rotatable bonds is 5. The van der Waals surface area contributed by atoms with Crippen LogP contribution in [-0.2, 0) is 6.61 Å². The maximum Gasteiger partial charge on any atom is 0.222 e. The van der Waals surface area contributed by atoms with Crippen LogP contribution in [0.1, 0.15) is 5.69 Å². The molecule has 18 heavy (non-hydrogen) atoms. The van der Waals surface area contributed by atoms with Crippen LogP contribution in [0.5, 0.6) is 17.2 Å². The Morgan fingerprint density at radius 1 is 1.06 bits per heavy atom. The lowest BCUT2D eigenvalue weighted by Gasteiger charge is -2.09. The van der Waals surface area contributed by atoms with Crippen molar-refractivity contribution in [1.82, 2.24) is 5.16 Å². The molecule has 6 nitrogen and oxygen atoms in total. The summed E-state index contributed by atoms with van der Waals surface area (Å²) in [5.41, 5.74) is 6.03. The summed E-state index contributed by atoms with van der Waals surface area (Å²) in [6.07, 6.45) is 0. The van der Waals surface area contributed by atoms with Gasteiger partial charge < -0.3 is 24.5 Å². The van der Waals surface area contributed by atoms with E-state index in [1.807, 2.05) is 0 Å². The summed E-state index contributed by atoms with van der Waals surface area (Å²) < 4.78 is 20.6. The molecule has 1 heterocycles. The average molecular weight is 250 g/mol. The van der Waals surface area contributed by atoms with Gasteiger partial charge in [-0.3, -0.25) is 0 Å². The Hall–Kier alpha value is -2.37. The number of nitrogens with two attached hydrogens (primary N) is 1. The Morgan fingerprint density at radius 3 is 2.17 bits per heavy atom. The van der Waals surface area contributed by atoms with Gasteiger partial charge >= 0.3 is 0 Å². The van der Waals surface area contributed by atoms with E-state index in [0.717, 1.165) is 0 Å². The van der Waals surface area contributed by atoms with Crippen molar-refractivity contribution >= 4 is 5.88 Å². The zero-order valence-electron chi connectivity index (χ0n) is 10.2. The SMILES string of the molecule is COc1cc(OC)cc(OCc2cc(N)on2)c1. The highest BCUT2D eigenvalue weighted by atomic mass is 16.5. The minimum atomic E-state index is 0.261. The van der Waals surface area contributed by atoms with Gasteiger partial charge in [-0.15, -0.1) is 0 Å². The van der Waals surface area contributed by atoms with E-state index in [2.05, 4.69) is 5.16 Å². The molecule has 0 aliphatic heterocycles. The topological polar surface area (TPSA) is 79.7 Å². The number of ether oxygens (including phenoxy) is 3. The lowest BCUT2D eigenvalue weighted by atomic mass is 10.3. The maximum atomic E-state index is 5.55. The minimum Gasteiger partial charge on any atom is -0.496 e. The summed E-state index contributed by atoms with van der Waals surface area (Å²) in [4.78, 5) is 0. The van der Waals surface area contributed by atoms with E-state index in [9.17, 15) is 0 Å². The van der Waals surface area contributed by atoms with Gasteiger partial charge in [0.2, 0.25) is 5.88 Å². The number of nitrogens with zero attached hydrogens (tertiary/aromatic N) is 1. The van der Waals surface area contributed by atoms with Gasteiger partial charge in [-0.1, -0.05) is 5.16 Å². The van der Waals surface area contributed by atoms with Crippen molar-refractivity contribution in [2.24, 2.45) is 0 Å². The third kappa shape index (κ3) is 2.85. The molecule has 1 aromatic heterocycles. The summed E-state index contributed by atoms with van der Waals surface area (Å²) >= 11 is 0. The van der Waals surface area contributed by atoms with Gasteiger partial charge in [0.1, 0.15) is 29.5 Å². The number of hydrogen-bond acceptors (Lipinski definition) is 6. The number of nitrogen functional groups attached to an aromatic ring is 1. The molecule has 6 heteroatoms. The zero-order valence-corrected chi connectivity index (χ0v) is 10.2. The molecule has 0 aliphatic rings. The Balaban J connectivity index is 2.08. The molecular weight excluding hydrogens is 236 g/mol. The second-order valence-electron chi connectivity index (χ2n) is 3.56. The molecule has 2 rings (SSSR count). The molecule has 0 saturated heterocycles. The number of anilines is 1. The molecule has 0 amide bonds. The smallest absolute Gasteiger partial charge is 0.222 e. The molecule has 0 bridgehead atoms. The predicted molar refractivity (Wildman–Crippen MR) is 64.8 cm³/mol. The standard InChI is InChI=1S/C12H14N2O4/c1-15-9-4-10(16-2)6-11(5-9)17-7-8-3-12(13)18-14-8/h3-6H,7,13H2,1-2H3. The van der Waals surface area contributed by atoms with Crippen molar-refractivity contribution in [3.05, 3.63) is 30.0 Å². The number of methoxy groups -OCH3 is 2. The summed E-state index contributed by atoms with van der Waals surface area (Å²) in [5, 5.41) is 3.73. The van der Waals surface area contributed by atoms with Crippen molar-refractivity contribution in [1.29, 1.82) is 0 Å². The first-order valence-electron chi connectivity index (χ1n) is 5.28. The van der Waals surface area contributed by atoms with Crippen molar-refractivity contribution in [3.8, 4) is 17.2 Å². The van der Waals surface area contributed by atoms with Crippen molar-refractivity contribution < 1.29 is 18.7 Å². The molecule has 0 atom stereocenters. The van der Waals surface area contributed by atoms with Gasteiger partial charge in [-0.05, 0) is 0 Å². The lowest BCUT2D eigenvalue weighted by molar-refractivity contribution is 0.286. The predicted octanol–water partition coefficient (Wildman–Crippen LogP) is 1.85. The molecule has 1 aromatic carbocycles. The highest BCUT2D eigenvalue weighted by molar-refractivity contribution is 5.42. The molecular formula is C12H14N2O4. The zero-order chi connectivity index (χ0) is 13.0. The number of aromatic nitrogens is 1. The summed E-state index contributed by atoms with van der Waals surface area (Å²) in [7, 11) is 3.16. The largest absolute Gasteiger partial charge is 0.496 e. The summed E-state index contributed by atoms with van der Waals surface area (Å²) in [6.45, 7) is 0.261. The fourth-order valence-electron chi connectivity index (χ4n) is 1.42. The van der Waals surface area contributed by atoms with Crippen LogP contribution in [0.4, 0.5) is 5.88 Å². The maximum absolute atomic E-state index is 5.55. The molecule has 2 N–H and O–H groups in total. The Morgan fingerprint density at radius 2 is 1.67 bits per heavy atom. The van der Waals surface area contributed by atoms with Crippen LogP contribution in [-0.4, -0.2) is 19.4 Å². The van der Waals surface area contributed by atoms with Gasteiger partial charge in [0.15, 0.2) is 0 Å². The van der Waals surface area contributed by atoms with E-state index in [-0.39, 0.29) is 12.5 Å². The third-order valence-corrected chi connectivity index (χ3v) is 2.29. The van der Waals surface area contributed by atoms with Crippen molar-refractivity contribution in [2.45, 2.75) is 6.61 Å². The van der Waals surface area contributed by atoms with Gasteiger partial charge in [-0.2, -0.15) is 0 Å². The van der Waals surface area contributed by atoms with Crippen LogP contribution in [0.3, 0.4) is 0 Å².